The van der Waals surface area contributed by atoms with Gasteiger partial charge < -0.3 is 15.8 Å². The van der Waals surface area contributed by atoms with E-state index in [-0.39, 0.29) is 0 Å². The van der Waals surface area contributed by atoms with Gasteiger partial charge in [0.1, 0.15) is 0 Å². The van der Waals surface area contributed by atoms with Gasteiger partial charge in [0.2, 0.25) is 0 Å². The lowest BCUT2D eigenvalue weighted by atomic mass is 10.1. The number of hydrogen-bond acceptors (Lipinski definition) is 4. The zero-order chi connectivity index (χ0) is 12.5. The molecule has 0 spiro atoms. The minimum absolute atomic E-state index is 0.590. The van der Waals surface area contributed by atoms with Crippen LogP contribution in [0.4, 0.5) is 5.82 Å². The molecule has 1 atom stereocenters. The van der Waals surface area contributed by atoms with Gasteiger partial charge in [-0.1, -0.05) is 6.92 Å². The van der Waals surface area contributed by atoms with Crippen LogP contribution in [0.25, 0.3) is 0 Å². The summed E-state index contributed by atoms with van der Waals surface area (Å²) in [5.41, 5.74) is 5.58. The van der Waals surface area contributed by atoms with Crippen LogP contribution in [-0.2, 0) is 0 Å². The SMILES string of the molecule is CCOc1cccnc1NCCCC(C)CN. The van der Waals surface area contributed by atoms with Crippen molar-refractivity contribution < 1.29 is 4.74 Å². The third-order valence-electron chi connectivity index (χ3n) is 2.64. The number of pyridine rings is 1. The van der Waals surface area contributed by atoms with Crippen molar-refractivity contribution in [3.05, 3.63) is 18.3 Å². The monoisotopic (exact) mass is 237 g/mol. The summed E-state index contributed by atoms with van der Waals surface area (Å²) in [5, 5.41) is 3.30. The zero-order valence-electron chi connectivity index (χ0n) is 10.8. The van der Waals surface area contributed by atoms with Crippen LogP contribution >= 0.6 is 0 Å². The van der Waals surface area contributed by atoms with Gasteiger partial charge in [0.15, 0.2) is 11.6 Å². The first-order valence-electron chi connectivity index (χ1n) is 6.29. The van der Waals surface area contributed by atoms with Crippen molar-refractivity contribution in [3.63, 3.8) is 0 Å². The molecule has 0 aliphatic heterocycles. The van der Waals surface area contributed by atoms with Crippen LogP contribution in [-0.4, -0.2) is 24.7 Å². The zero-order valence-corrected chi connectivity index (χ0v) is 10.8. The van der Waals surface area contributed by atoms with E-state index in [0.29, 0.717) is 12.5 Å². The summed E-state index contributed by atoms with van der Waals surface area (Å²) in [4.78, 5) is 4.27. The van der Waals surface area contributed by atoms with E-state index in [2.05, 4.69) is 17.2 Å². The largest absolute Gasteiger partial charge is 0.490 e. The smallest absolute Gasteiger partial charge is 0.168 e. The number of aromatic nitrogens is 1. The van der Waals surface area contributed by atoms with E-state index in [1.165, 1.54) is 0 Å². The minimum atomic E-state index is 0.590. The Balaban J connectivity index is 2.35. The molecule has 1 rings (SSSR count). The molecule has 0 aromatic carbocycles. The van der Waals surface area contributed by atoms with Crippen LogP contribution in [0.3, 0.4) is 0 Å². The maximum absolute atomic E-state index is 5.58. The Morgan fingerprint density at radius 2 is 2.35 bits per heavy atom. The van der Waals surface area contributed by atoms with Gasteiger partial charge >= 0.3 is 0 Å². The van der Waals surface area contributed by atoms with Gasteiger partial charge in [-0.25, -0.2) is 4.98 Å². The van der Waals surface area contributed by atoms with E-state index in [4.69, 9.17) is 10.5 Å². The summed E-state index contributed by atoms with van der Waals surface area (Å²) in [6, 6.07) is 3.81. The second-order valence-electron chi connectivity index (χ2n) is 4.19. The summed E-state index contributed by atoms with van der Waals surface area (Å²) >= 11 is 0. The third kappa shape index (κ3) is 5.04. The van der Waals surface area contributed by atoms with Crippen LogP contribution in [0.1, 0.15) is 26.7 Å². The molecule has 1 heterocycles. The number of anilines is 1. The number of ether oxygens (including phenoxy) is 1. The maximum Gasteiger partial charge on any atom is 0.168 e. The molecule has 0 saturated heterocycles. The Bertz CT molecular complexity index is 317. The molecule has 3 N–H and O–H groups in total. The number of hydrogen-bond donors (Lipinski definition) is 2. The van der Waals surface area contributed by atoms with Crippen molar-refractivity contribution in [1.82, 2.24) is 4.98 Å². The molecule has 1 unspecified atom stereocenters. The average molecular weight is 237 g/mol. The molecule has 0 bridgehead atoms. The van der Waals surface area contributed by atoms with E-state index < -0.39 is 0 Å². The molecule has 0 amide bonds. The van der Waals surface area contributed by atoms with E-state index in [0.717, 1.165) is 37.5 Å². The predicted molar refractivity (Wildman–Crippen MR) is 71.3 cm³/mol. The molecule has 1 aromatic heterocycles. The quantitative estimate of drug-likeness (QED) is 0.681. The van der Waals surface area contributed by atoms with Crippen molar-refractivity contribution in [1.29, 1.82) is 0 Å². The highest BCUT2D eigenvalue weighted by atomic mass is 16.5. The van der Waals surface area contributed by atoms with Crippen molar-refractivity contribution in [2.24, 2.45) is 11.7 Å². The Hall–Kier alpha value is -1.29. The lowest BCUT2D eigenvalue weighted by Crippen LogP contribution is -2.13. The highest BCUT2D eigenvalue weighted by Gasteiger charge is 2.03. The van der Waals surface area contributed by atoms with Crippen LogP contribution in [0.2, 0.25) is 0 Å². The number of nitrogens with zero attached hydrogens (tertiary/aromatic N) is 1. The Kier molecular flexibility index (Phi) is 6.40. The van der Waals surface area contributed by atoms with Gasteiger partial charge in [-0.15, -0.1) is 0 Å². The Morgan fingerprint density at radius 1 is 1.53 bits per heavy atom. The normalized spacial score (nSPS) is 12.2. The molecule has 17 heavy (non-hydrogen) atoms. The van der Waals surface area contributed by atoms with E-state index in [9.17, 15) is 0 Å². The fourth-order valence-electron chi connectivity index (χ4n) is 1.57. The first-order valence-corrected chi connectivity index (χ1v) is 6.29. The fourth-order valence-corrected chi connectivity index (χ4v) is 1.57. The van der Waals surface area contributed by atoms with Crippen molar-refractivity contribution >= 4 is 5.82 Å². The minimum Gasteiger partial charge on any atom is -0.490 e. The molecule has 4 nitrogen and oxygen atoms in total. The van der Waals surface area contributed by atoms with Gasteiger partial charge in [-0.3, -0.25) is 0 Å². The van der Waals surface area contributed by atoms with E-state index in [1.807, 2.05) is 19.1 Å². The fraction of sp³-hybridized carbons (Fsp3) is 0.615. The summed E-state index contributed by atoms with van der Waals surface area (Å²) in [6.07, 6.45) is 4.01. The van der Waals surface area contributed by atoms with Crippen LogP contribution in [0, 0.1) is 5.92 Å². The summed E-state index contributed by atoms with van der Waals surface area (Å²) in [5.74, 6) is 2.24. The number of rotatable bonds is 8. The third-order valence-corrected chi connectivity index (χ3v) is 2.64. The van der Waals surface area contributed by atoms with E-state index in [1.54, 1.807) is 6.20 Å². The predicted octanol–water partition coefficient (Wildman–Crippen LogP) is 2.27. The van der Waals surface area contributed by atoms with Gasteiger partial charge in [0, 0.05) is 12.7 Å². The summed E-state index contributed by atoms with van der Waals surface area (Å²) in [6.45, 7) is 6.46. The Morgan fingerprint density at radius 3 is 3.06 bits per heavy atom. The highest BCUT2D eigenvalue weighted by molar-refractivity contribution is 5.49. The first kappa shape index (κ1) is 13.8. The van der Waals surface area contributed by atoms with E-state index >= 15 is 0 Å². The maximum atomic E-state index is 5.58. The van der Waals surface area contributed by atoms with Crippen LogP contribution in [0.5, 0.6) is 5.75 Å². The lowest BCUT2D eigenvalue weighted by molar-refractivity contribution is 0.340. The number of nitrogens with one attached hydrogen (secondary N) is 1. The standard InChI is InChI=1S/C13H23N3O/c1-3-17-12-7-5-9-16-13(12)15-8-4-6-11(2)10-14/h5,7,9,11H,3-4,6,8,10,14H2,1-2H3,(H,15,16). The molecule has 0 aliphatic carbocycles. The molecule has 96 valence electrons. The molecule has 0 saturated carbocycles. The van der Waals surface area contributed by atoms with Gasteiger partial charge in [0.25, 0.3) is 0 Å². The topological polar surface area (TPSA) is 60.2 Å². The van der Waals surface area contributed by atoms with Crippen LogP contribution < -0.4 is 15.8 Å². The summed E-state index contributed by atoms with van der Waals surface area (Å²) in [7, 11) is 0. The van der Waals surface area contributed by atoms with Crippen molar-refractivity contribution in [2.45, 2.75) is 26.7 Å². The first-order chi connectivity index (χ1) is 8.27. The van der Waals surface area contributed by atoms with Crippen molar-refractivity contribution in [3.8, 4) is 5.75 Å². The average Bonchev–Trinajstić information content (AvgIpc) is 2.36. The molecule has 1 aromatic rings. The molecule has 0 radical (unpaired) electrons. The molecule has 4 heteroatoms. The second kappa shape index (κ2) is 7.90. The molecular weight excluding hydrogens is 214 g/mol. The number of nitrogens with two attached hydrogens (primary N) is 1. The van der Waals surface area contributed by atoms with Crippen molar-refractivity contribution in [2.75, 3.05) is 25.0 Å². The Labute approximate surface area is 104 Å². The van der Waals surface area contributed by atoms with Crippen LogP contribution in [0.15, 0.2) is 18.3 Å². The molecule has 0 fully saturated rings. The van der Waals surface area contributed by atoms with Gasteiger partial charge in [-0.2, -0.15) is 0 Å². The molecule has 0 aliphatic rings. The van der Waals surface area contributed by atoms with Gasteiger partial charge in [0.05, 0.1) is 6.61 Å². The summed E-state index contributed by atoms with van der Waals surface area (Å²) < 4.78 is 5.49. The second-order valence-corrected chi connectivity index (χ2v) is 4.19. The lowest BCUT2D eigenvalue weighted by Gasteiger charge is -2.12. The molecular formula is C13H23N3O. The van der Waals surface area contributed by atoms with Gasteiger partial charge in [-0.05, 0) is 44.4 Å². The highest BCUT2D eigenvalue weighted by Crippen LogP contribution is 2.20.